The minimum Gasteiger partial charge on any atom is -0.447 e. The number of hydrogen-bond donors (Lipinski definition) is 0. The van der Waals surface area contributed by atoms with E-state index in [4.69, 9.17) is 4.74 Å². The quantitative estimate of drug-likeness (QED) is 0.717. The number of carbonyl (C=O) groups is 2. The van der Waals surface area contributed by atoms with Gasteiger partial charge in [0.2, 0.25) is 0 Å². The van der Waals surface area contributed by atoms with Crippen LogP contribution in [0.5, 0.6) is 0 Å². The molecule has 0 aromatic carbocycles. The fraction of sp³-hybridized carbons (Fsp3) is 0.867. The number of esters is 1. The summed E-state index contributed by atoms with van der Waals surface area (Å²) in [6.45, 7) is 9.24. The lowest BCUT2D eigenvalue weighted by Crippen LogP contribution is -2.58. The van der Waals surface area contributed by atoms with Crippen LogP contribution in [0.1, 0.15) is 47.0 Å². The van der Waals surface area contributed by atoms with Crippen molar-refractivity contribution in [2.75, 3.05) is 6.54 Å². The van der Waals surface area contributed by atoms with Crippen LogP contribution in [0.25, 0.3) is 0 Å². The van der Waals surface area contributed by atoms with Crippen molar-refractivity contribution in [2.45, 2.75) is 58.6 Å². The van der Waals surface area contributed by atoms with Gasteiger partial charge in [-0.25, -0.2) is 4.79 Å². The second-order valence-electron chi connectivity index (χ2n) is 6.93. The van der Waals surface area contributed by atoms with Gasteiger partial charge in [-0.15, -0.1) is 0 Å². The largest absolute Gasteiger partial charge is 0.447 e. The Morgan fingerprint density at radius 1 is 1.21 bits per heavy atom. The first-order valence-corrected chi connectivity index (χ1v) is 7.41. The first-order valence-electron chi connectivity index (χ1n) is 7.41. The first-order chi connectivity index (χ1) is 8.87. The summed E-state index contributed by atoms with van der Waals surface area (Å²) in [5, 5.41) is 0. The zero-order valence-electron chi connectivity index (χ0n) is 12.2. The van der Waals surface area contributed by atoms with Crippen LogP contribution >= 0.6 is 0 Å². The second kappa shape index (κ2) is 3.74. The molecule has 0 unspecified atom stereocenters. The molecule has 0 N–H and O–H groups in total. The minimum absolute atomic E-state index is 0.0667. The molecule has 1 saturated carbocycles. The lowest BCUT2D eigenvalue weighted by molar-refractivity contribution is -0.184. The van der Waals surface area contributed by atoms with Gasteiger partial charge in [-0.1, -0.05) is 27.7 Å². The van der Waals surface area contributed by atoms with Gasteiger partial charge >= 0.3 is 5.97 Å². The summed E-state index contributed by atoms with van der Waals surface area (Å²) in [6, 6.07) is -0.309. The number of morpholine rings is 1. The van der Waals surface area contributed by atoms with Crippen LogP contribution in [0.2, 0.25) is 0 Å². The Kier molecular flexibility index (Phi) is 2.55. The second-order valence-corrected chi connectivity index (χ2v) is 6.93. The molecule has 2 saturated heterocycles. The molecular weight excluding hydrogens is 242 g/mol. The third-order valence-electron chi connectivity index (χ3n) is 5.63. The third kappa shape index (κ3) is 1.35. The van der Waals surface area contributed by atoms with Crippen molar-refractivity contribution >= 4 is 11.9 Å². The van der Waals surface area contributed by atoms with Crippen molar-refractivity contribution in [3.8, 4) is 0 Å². The maximum absolute atomic E-state index is 12.8. The molecule has 0 aromatic rings. The van der Waals surface area contributed by atoms with Gasteiger partial charge in [0, 0.05) is 18.4 Å². The van der Waals surface area contributed by atoms with Crippen LogP contribution in [-0.4, -0.2) is 35.0 Å². The van der Waals surface area contributed by atoms with Crippen molar-refractivity contribution in [3.05, 3.63) is 0 Å². The summed E-state index contributed by atoms with van der Waals surface area (Å²) in [5.41, 5.74) is -1.03. The Labute approximate surface area is 114 Å². The van der Waals surface area contributed by atoms with Gasteiger partial charge in [-0.05, 0) is 24.7 Å². The number of nitrogens with zero attached hydrogens (tertiary/aromatic N) is 1. The first kappa shape index (κ1) is 12.9. The van der Waals surface area contributed by atoms with Crippen molar-refractivity contribution in [1.29, 1.82) is 0 Å². The Morgan fingerprint density at radius 3 is 2.37 bits per heavy atom. The molecule has 0 radical (unpaired) electrons. The fourth-order valence-corrected chi connectivity index (χ4v) is 4.55. The van der Waals surface area contributed by atoms with Gasteiger partial charge in [0.05, 0.1) is 0 Å². The molecule has 0 bridgehead atoms. The van der Waals surface area contributed by atoms with E-state index in [0.29, 0.717) is 24.8 Å². The average Bonchev–Trinajstić information content (AvgIpc) is 2.77. The molecule has 2 aliphatic heterocycles. The zero-order valence-corrected chi connectivity index (χ0v) is 12.2. The highest BCUT2D eigenvalue weighted by atomic mass is 16.6. The van der Waals surface area contributed by atoms with Crippen molar-refractivity contribution in [3.63, 3.8) is 0 Å². The molecule has 4 nitrogen and oxygen atoms in total. The molecule has 2 atom stereocenters. The standard InChI is InChI=1S/C15H23NO3/c1-9(2)14(10(3)4)8-15(14)13(18)16-7-5-6-11(16)12(17)19-15/h9-11H,5-8H2,1-4H3/t11-,15+/m0/s1. The van der Waals surface area contributed by atoms with Gasteiger partial charge in [0.15, 0.2) is 5.60 Å². The SMILES string of the molecule is CC(C)C1(C(C)C)C[C@]12OC(=O)[C@@H]1CCCN1C2=O. The normalized spacial score (nSPS) is 36.1. The molecular formula is C15H23NO3. The minimum atomic E-state index is -0.854. The van der Waals surface area contributed by atoms with Gasteiger partial charge in [-0.3, -0.25) is 4.79 Å². The molecule has 3 rings (SSSR count). The fourth-order valence-electron chi connectivity index (χ4n) is 4.55. The molecule has 0 aromatic heterocycles. The molecule has 2 heterocycles. The van der Waals surface area contributed by atoms with Crippen molar-refractivity contribution < 1.29 is 14.3 Å². The molecule has 4 heteroatoms. The predicted octanol–water partition coefficient (Wildman–Crippen LogP) is 1.98. The van der Waals surface area contributed by atoms with E-state index in [1.54, 1.807) is 4.90 Å². The van der Waals surface area contributed by atoms with E-state index in [1.807, 2.05) is 0 Å². The van der Waals surface area contributed by atoms with Crippen LogP contribution in [0.15, 0.2) is 0 Å². The third-order valence-corrected chi connectivity index (χ3v) is 5.63. The lowest BCUT2D eigenvalue weighted by Gasteiger charge is -2.39. The van der Waals surface area contributed by atoms with E-state index in [2.05, 4.69) is 27.7 Å². The molecule has 1 spiro atoms. The summed E-state index contributed by atoms with van der Waals surface area (Å²) in [6.07, 6.45) is 2.37. The van der Waals surface area contributed by atoms with Crippen molar-refractivity contribution in [1.82, 2.24) is 4.90 Å². The summed E-state index contributed by atoms with van der Waals surface area (Å²) in [4.78, 5) is 26.8. The van der Waals surface area contributed by atoms with E-state index in [1.165, 1.54) is 0 Å². The summed E-state index contributed by atoms with van der Waals surface area (Å²) in [7, 11) is 0. The summed E-state index contributed by atoms with van der Waals surface area (Å²) < 4.78 is 5.72. The van der Waals surface area contributed by atoms with Crippen molar-refractivity contribution in [2.24, 2.45) is 17.3 Å². The number of ether oxygens (including phenoxy) is 1. The van der Waals surface area contributed by atoms with E-state index in [0.717, 1.165) is 12.8 Å². The number of carbonyl (C=O) groups excluding carboxylic acids is 2. The maximum atomic E-state index is 12.8. The molecule has 106 valence electrons. The average molecular weight is 265 g/mol. The lowest BCUT2D eigenvalue weighted by atomic mass is 9.78. The molecule has 19 heavy (non-hydrogen) atoms. The molecule has 3 aliphatic rings. The summed E-state index contributed by atoms with van der Waals surface area (Å²) in [5.74, 6) is 0.559. The van der Waals surface area contributed by atoms with Gasteiger partial charge in [-0.2, -0.15) is 0 Å². The van der Waals surface area contributed by atoms with Crippen LogP contribution < -0.4 is 0 Å². The highest BCUT2D eigenvalue weighted by molar-refractivity contribution is 5.99. The maximum Gasteiger partial charge on any atom is 0.329 e. The van der Waals surface area contributed by atoms with Gasteiger partial charge in [0.25, 0.3) is 5.91 Å². The van der Waals surface area contributed by atoms with Crippen LogP contribution in [-0.2, 0) is 14.3 Å². The Hall–Kier alpha value is -1.06. The van der Waals surface area contributed by atoms with E-state index >= 15 is 0 Å². The highest BCUT2D eigenvalue weighted by Gasteiger charge is 2.80. The molecule has 3 fully saturated rings. The van der Waals surface area contributed by atoms with Gasteiger partial charge < -0.3 is 9.64 Å². The van der Waals surface area contributed by atoms with E-state index in [9.17, 15) is 9.59 Å². The number of amides is 1. The van der Waals surface area contributed by atoms with Crippen LogP contribution in [0.3, 0.4) is 0 Å². The van der Waals surface area contributed by atoms with Crippen LogP contribution in [0, 0.1) is 17.3 Å². The monoisotopic (exact) mass is 265 g/mol. The molecule has 1 aliphatic carbocycles. The Morgan fingerprint density at radius 2 is 1.84 bits per heavy atom. The van der Waals surface area contributed by atoms with Gasteiger partial charge in [0.1, 0.15) is 6.04 Å². The van der Waals surface area contributed by atoms with E-state index < -0.39 is 5.60 Å². The highest BCUT2D eigenvalue weighted by Crippen LogP contribution is 2.69. The van der Waals surface area contributed by atoms with E-state index in [-0.39, 0.29) is 23.3 Å². The Balaban J connectivity index is 1.98. The summed E-state index contributed by atoms with van der Waals surface area (Å²) >= 11 is 0. The topological polar surface area (TPSA) is 46.6 Å². The zero-order chi connectivity index (χ0) is 14.0. The van der Waals surface area contributed by atoms with Crippen LogP contribution in [0.4, 0.5) is 0 Å². The predicted molar refractivity (Wildman–Crippen MR) is 70.3 cm³/mol. The Bertz CT molecular complexity index is 435. The number of hydrogen-bond acceptors (Lipinski definition) is 3. The number of rotatable bonds is 2. The smallest absolute Gasteiger partial charge is 0.329 e. The number of fused-ring (bicyclic) bond motifs is 1. The molecule has 1 amide bonds.